The number of rotatable bonds is 6. The maximum atomic E-state index is 12.0. The third kappa shape index (κ3) is 4.90. The van der Waals surface area contributed by atoms with Gasteiger partial charge in [0.2, 0.25) is 11.1 Å². The van der Waals surface area contributed by atoms with Gasteiger partial charge in [-0.1, -0.05) is 45.4 Å². The lowest BCUT2D eigenvalue weighted by Crippen LogP contribution is -2.12. The number of aromatic nitrogens is 4. The van der Waals surface area contributed by atoms with Crippen molar-refractivity contribution in [2.75, 3.05) is 11.1 Å². The summed E-state index contributed by atoms with van der Waals surface area (Å²) in [5, 5.41) is 15.3. The van der Waals surface area contributed by atoms with E-state index in [0.29, 0.717) is 17.3 Å². The first-order chi connectivity index (χ1) is 12.1. The molecule has 0 bridgehead atoms. The van der Waals surface area contributed by atoms with Crippen molar-refractivity contribution in [1.82, 2.24) is 20.2 Å². The number of thioether (sulfide) groups is 1. The molecule has 0 saturated heterocycles. The summed E-state index contributed by atoms with van der Waals surface area (Å²) < 4.78 is 2.65. The van der Waals surface area contributed by atoms with Gasteiger partial charge >= 0.3 is 0 Å². The van der Waals surface area contributed by atoms with Crippen molar-refractivity contribution in [3.05, 3.63) is 58.6 Å². The van der Waals surface area contributed by atoms with Crippen molar-refractivity contribution >= 4 is 39.3 Å². The minimum atomic E-state index is -0.0378. The Labute approximate surface area is 158 Å². The van der Waals surface area contributed by atoms with Crippen molar-refractivity contribution < 1.29 is 4.79 Å². The molecule has 0 saturated carbocycles. The van der Waals surface area contributed by atoms with Gasteiger partial charge in [0.25, 0.3) is 0 Å². The highest BCUT2D eigenvalue weighted by Gasteiger charge is 2.10. The molecule has 1 heterocycles. The molecule has 0 fully saturated rings. The van der Waals surface area contributed by atoms with Crippen molar-refractivity contribution in [2.24, 2.45) is 0 Å². The predicted octanol–water partition coefficient (Wildman–Crippen LogP) is 3.85. The van der Waals surface area contributed by atoms with Crippen LogP contribution in [-0.4, -0.2) is 31.9 Å². The van der Waals surface area contributed by atoms with E-state index < -0.39 is 0 Å². The number of hydrogen-bond acceptors (Lipinski definition) is 5. The van der Waals surface area contributed by atoms with Gasteiger partial charge in [0.05, 0.1) is 5.69 Å². The maximum absolute atomic E-state index is 12.0. The SMILES string of the molecule is Cc1ccc(-n2nnnc2SCCC(=O)Nc2ccc(Br)cc2)cc1. The Balaban J connectivity index is 1.54. The van der Waals surface area contributed by atoms with Crippen LogP contribution in [-0.2, 0) is 4.79 Å². The molecular weight excluding hydrogens is 402 g/mol. The first kappa shape index (κ1) is 17.6. The summed E-state index contributed by atoms with van der Waals surface area (Å²) in [4.78, 5) is 12.0. The molecule has 8 heteroatoms. The molecule has 2 aromatic carbocycles. The molecule has 1 amide bonds. The lowest BCUT2D eigenvalue weighted by atomic mass is 10.2. The summed E-state index contributed by atoms with van der Waals surface area (Å²) in [6.45, 7) is 2.03. The average molecular weight is 418 g/mol. The Hall–Kier alpha value is -2.19. The second-order valence-electron chi connectivity index (χ2n) is 5.36. The number of hydrogen-bond donors (Lipinski definition) is 1. The minimum Gasteiger partial charge on any atom is -0.326 e. The summed E-state index contributed by atoms with van der Waals surface area (Å²) in [6, 6.07) is 15.4. The quantitative estimate of drug-likeness (QED) is 0.616. The molecular formula is C17H16BrN5OS. The lowest BCUT2D eigenvalue weighted by molar-refractivity contribution is -0.115. The van der Waals surface area contributed by atoms with Crippen LogP contribution in [0.25, 0.3) is 5.69 Å². The summed E-state index contributed by atoms with van der Waals surface area (Å²) in [7, 11) is 0. The standard InChI is InChI=1S/C17H16BrN5OS/c1-12-2-8-15(9-3-12)23-17(20-21-22-23)25-11-10-16(24)19-14-6-4-13(18)5-7-14/h2-9H,10-11H2,1H3,(H,19,24). The number of halogens is 1. The number of aryl methyl sites for hydroxylation is 1. The summed E-state index contributed by atoms with van der Waals surface area (Å²) >= 11 is 4.82. The summed E-state index contributed by atoms with van der Waals surface area (Å²) in [6.07, 6.45) is 0.376. The topological polar surface area (TPSA) is 72.7 Å². The Bertz CT molecular complexity index is 848. The van der Waals surface area contributed by atoms with Gasteiger partial charge in [0.1, 0.15) is 0 Å². The smallest absolute Gasteiger partial charge is 0.225 e. The van der Waals surface area contributed by atoms with Crippen LogP contribution < -0.4 is 5.32 Å². The zero-order valence-electron chi connectivity index (χ0n) is 13.5. The van der Waals surface area contributed by atoms with Gasteiger partial charge in [-0.2, -0.15) is 4.68 Å². The second-order valence-corrected chi connectivity index (χ2v) is 7.34. The predicted molar refractivity (Wildman–Crippen MR) is 102 cm³/mol. The van der Waals surface area contributed by atoms with Crippen LogP contribution in [0, 0.1) is 6.92 Å². The van der Waals surface area contributed by atoms with E-state index in [1.807, 2.05) is 55.5 Å². The fourth-order valence-corrected chi connectivity index (χ4v) is 3.20. The molecule has 3 rings (SSSR count). The number of amides is 1. The van der Waals surface area contributed by atoms with E-state index in [1.165, 1.54) is 17.3 Å². The van der Waals surface area contributed by atoms with Crippen molar-refractivity contribution in [2.45, 2.75) is 18.5 Å². The number of carbonyl (C=O) groups excluding carboxylic acids is 1. The molecule has 3 aromatic rings. The molecule has 1 N–H and O–H groups in total. The highest BCUT2D eigenvalue weighted by molar-refractivity contribution is 9.10. The van der Waals surface area contributed by atoms with E-state index in [0.717, 1.165) is 15.8 Å². The third-order valence-electron chi connectivity index (χ3n) is 3.41. The Morgan fingerprint density at radius 1 is 1.16 bits per heavy atom. The van der Waals surface area contributed by atoms with Crippen LogP contribution in [0.15, 0.2) is 58.2 Å². The molecule has 128 valence electrons. The largest absolute Gasteiger partial charge is 0.326 e. The average Bonchev–Trinajstić information content (AvgIpc) is 3.06. The molecule has 0 radical (unpaired) electrons. The number of nitrogens with one attached hydrogen (secondary N) is 1. The van der Waals surface area contributed by atoms with Gasteiger partial charge in [-0.3, -0.25) is 4.79 Å². The molecule has 0 unspecified atom stereocenters. The Morgan fingerprint density at radius 3 is 2.60 bits per heavy atom. The van der Waals surface area contributed by atoms with Crippen LogP contribution in [0.5, 0.6) is 0 Å². The maximum Gasteiger partial charge on any atom is 0.225 e. The molecule has 0 aliphatic carbocycles. The van der Waals surface area contributed by atoms with E-state index in [-0.39, 0.29) is 5.91 Å². The van der Waals surface area contributed by atoms with Gasteiger partial charge in [0.15, 0.2) is 0 Å². The highest BCUT2D eigenvalue weighted by atomic mass is 79.9. The van der Waals surface area contributed by atoms with Gasteiger partial charge in [-0.15, -0.1) is 5.10 Å². The molecule has 0 spiro atoms. The minimum absolute atomic E-state index is 0.0378. The third-order valence-corrected chi connectivity index (χ3v) is 4.86. The first-order valence-electron chi connectivity index (χ1n) is 7.65. The van der Waals surface area contributed by atoms with Crippen LogP contribution >= 0.6 is 27.7 Å². The second kappa shape index (κ2) is 8.26. The van der Waals surface area contributed by atoms with E-state index in [2.05, 4.69) is 36.8 Å². The van der Waals surface area contributed by atoms with Crippen LogP contribution in [0.4, 0.5) is 5.69 Å². The zero-order valence-corrected chi connectivity index (χ0v) is 15.9. The van der Waals surface area contributed by atoms with Crippen LogP contribution in [0.3, 0.4) is 0 Å². The van der Waals surface area contributed by atoms with Gasteiger partial charge in [-0.25, -0.2) is 0 Å². The lowest BCUT2D eigenvalue weighted by Gasteiger charge is -2.06. The number of carbonyl (C=O) groups is 1. The van der Waals surface area contributed by atoms with Crippen molar-refractivity contribution in [3.8, 4) is 5.69 Å². The Morgan fingerprint density at radius 2 is 1.88 bits per heavy atom. The fourth-order valence-electron chi connectivity index (χ4n) is 2.11. The van der Waals surface area contributed by atoms with Gasteiger partial charge in [0, 0.05) is 22.3 Å². The van der Waals surface area contributed by atoms with E-state index >= 15 is 0 Å². The molecule has 25 heavy (non-hydrogen) atoms. The van der Waals surface area contributed by atoms with Crippen LogP contribution in [0.2, 0.25) is 0 Å². The van der Waals surface area contributed by atoms with E-state index in [9.17, 15) is 4.79 Å². The zero-order chi connectivity index (χ0) is 17.6. The van der Waals surface area contributed by atoms with Crippen LogP contribution in [0.1, 0.15) is 12.0 Å². The molecule has 0 aliphatic rings. The summed E-state index contributed by atoms with van der Waals surface area (Å²) in [5.74, 6) is 0.554. The molecule has 0 aliphatic heterocycles. The summed E-state index contributed by atoms with van der Waals surface area (Å²) in [5.41, 5.74) is 2.86. The normalized spacial score (nSPS) is 10.6. The number of nitrogens with zero attached hydrogens (tertiary/aromatic N) is 4. The Kier molecular flexibility index (Phi) is 5.83. The highest BCUT2D eigenvalue weighted by Crippen LogP contribution is 2.20. The van der Waals surface area contributed by atoms with E-state index in [4.69, 9.17) is 0 Å². The monoisotopic (exact) mass is 417 g/mol. The number of tetrazole rings is 1. The molecule has 1 aromatic heterocycles. The van der Waals surface area contributed by atoms with Crippen molar-refractivity contribution in [3.63, 3.8) is 0 Å². The number of benzene rings is 2. The van der Waals surface area contributed by atoms with E-state index in [1.54, 1.807) is 4.68 Å². The number of anilines is 1. The first-order valence-corrected chi connectivity index (χ1v) is 9.43. The van der Waals surface area contributed by atoms with Gasteiger partial charge in [-0.05, 0) is 53.7 Å². The molecule has 0 atom stereocenters. The molecule has 6 nitrogen and oxygen atoms in total. The van der Waals surface area contributed by atoms with Crippen molar-refractivity contribution in [1.29, 1.82) is 0 Å². The van der Waals surface area contributed by atoms with Gasteiger partial charge < -0.3 is 5.32 Å². The fraction of sp³-hybridized carbons (Fsp3) is 0.176.